The summed E-state index contributed by atoms with van der Waals surface area (Å²) in [6.07, 6.45) is 0.821. The molecule has 0 saturated heterocycles. The second-order valence-electron chi connectivity index (χ2n) is 3.42. The number of aryl methyl sites for hydroxylation is 1. The molecule has 0 unspecified atom stereocenters. The Balaban J connectivity index is 2.38. The molecule has 3 heteroatoms. The van der Waals surface area contributed by atoms with E-state index in [9.17, 15) is 5.11 Å². The fraction of sp³-hybridized carbons (Fsp3) is 0.167. The summed E-state index contributed by atoms with van der Waals surface area (Å²) in [7, 11) is 0. The number of rotatable bonds is 2. The topological polar surface area (TPSA) is 33.4 Å². The maximum Gasteiger partial charge on any atom is 0.137 e. The van der Waals surface area contributed by atoms with Crippen LogP contribution in [0.4, 0.5) is 0 Å². The maximum atomic E-state index is 10.0. The molecule has 78 valence electrons. The Morgan fingerprint density at radius 2 is 2.13 bits per heavy atom. The van der Waals surface area contributed by atoms with Gasteiger partial charge in [0.25, 0.3) is 0 Å². The van der Waals surface area contributed by atoms with Gasteiger partial charge in [-0.1, -0.05) is 17.7 Å². The molecular weight excluding hydrogens is 212 g/mol. The summed E-state index contributed by atoms with van der Waals surface area (Å²) in [5.74, 6) is 0.542. The van der Waals surface area contributed by atoms with Gasteiger partial charge in [-0.25, -0.2) is 0 Å². The molecule has 1 aromatic carbocycles. The molecule has 0 fully saturated rings. The molecule has 1 aromatic heterocycles. The molecule has 0 aliphatic rings. The average molecular weight is 223 g/mol. The van der Waals surface area contributed by atoms with Crippen LogP contribution in [0.2, 0.25) is 5.02 Å². The Morgan fingerprint density at radius 1 is 1.33 bits per heavy atom. The predicted molar refractivity (Wildman–Crippen MR) is 59.0 cm³/mol. The molecule has 0 radical (unpaired) electrons. The lowest BCUT2D eigenvalue weighted by Gasteiger charge is -2.11. The predicted octanol–water partition coefficient (Wildman–Crippen LogP) is 3.32. The van der Waals surface area contributed by atoms with Crippen LogP contribution in [0.25, 0.3) is 0 Å². The van der Waals surface area contributed by atoms with Crippen molar-refractivity contribution in [1.82, 2.24) is 0 Å². The number of aliphatic hydroxyl groups is 1. The minimum absolute atomic E-state index is 0.542. The summed E-state index contributed by atoms with van der Waals surface area (Å²) >= 11 is 5.84. The first-order valence-corrected chi connectivity index (χ1v) is 5.04. The highest BCUT2D eigenvalue weighted by molar-refractivity contribution is 6.30. The van der Waals surface area contributed by atoms with Crippen molar-refractivity contribution in [2.75, 3.05) is 0 Å². The van der Waals surface area contributed by atoms with Gasteiger partial charge in [-0.3, -0.25) is 0 Å². The van der Waals surface area contributed by atoms with Gasteiger partial charge in [0.15, 0.2) is 0 Å². The molecule has 2 rings (SSSR count). The molecule has 0 spiro atoms. The van der Waals surface area contributed by atoms with Crippen LogP contribution in [0.1, 0.15) is 23.0 Å². The Bertz CT molecular complexity index is 449. The number of benzene rings is 1. The van der Waals surface area contributed by atoms with Crippen LogP contribution in [0, 0.1) is 6.92 Å². The van der Waals surface area contributed by atoms with Crippen molar-refractivity contribution in [1.29, 1.82) is 0 Å². The van der Waals surface area contributed by atoms with Crippen LogP contribution in [0.15, 0.2) is 41.0 Å². The molecule has 0 amide bonds. The van der Waals surface area contributed by atoms with Crippen LogP contribution in [-0.2, 0) is 0 Å². The number of hydrogen-bond acceptors (Lipinski definition) is 2. The minimum Gasteiger partial charge on any atom is -0.466 e. The first-order chi connectivity index (χ1) is 7.18. The van der Waals surface area contributed by atoms with Gasteiger partial charge in [-0.2, -0.15) is 0 Å². The highest BCUT2D eigenvalue weighted by atomic mass is 35.5. The highest BCUT2D eigenvalue weighted by Gasteiger charge is 2.15. The van der Waals surface area contributed by atoms with E-state index in [4.69, 9.17) is 16.0 Å². The largest absolute Gasteiger partial charge is 0.466 e. The van der Waals surface area contributed by atoms with Gasteiger partial charge >= 0.3 is 0 Å². The van der Waals surface area contributed by atoms with Gasteiger partial charge in [-0.05, 0) is 42.3 Å². The van der Waals surface area contributed by atoms with Gasteiger partial charge in [0.1, 0.15) is 11.9 Å². The van der Waals surface area contributed by atoms with Crippen molar-refractivity contribution in [3.63, 3.8) is 0 Å². The van der Waals surface area contributed by atoms with Crippen molar-refractivity contribution < 1.29 is 9.52 Å². The summed E-state index contributed by atoms with van der Waals surface area (Å²) in [5.41, 5.74) is 1.76. The van der Waals surface area contributed by atoms with Gasteiger partial charge in [0.05, 0.1) is 6.26 Å². The maximum absolute atomic E-state index is 10.0. The van der Waals surface area contributed by atoms with Crippen molar-refractivity contribution >= 4 is 11.6 Å². The van der Waals surface area contributed by atoms with Gasteiger partial charge in [-0.15, -0.1) is 0 Å². The summed E-state index contributed by atoms with van der Waals surface area (Å²) in [6.45, 7) is 1.91. The van der Waals surface area contributed by atoms with E-state index >= 15 is 0 Å². The standard InChI is InChI=1S/C12H11ClO2/c1-8-7-9(13)4-5-10(8)12(14)11-3-2-6-15-11/h2-7,12,14H,1H3/t12-/m0/s1. The number of aliphatic hydroxyl groups excluding tert-OH is 1. The van der Waals surface area contributed by atoms with E-state index in [1.165, 1.54) is 0 Å². The molecule has 2 nitrogen and oxygen atoms in total. The summed E-state index contributed by atoms with van der Waals surface area (Å²) in [5, 5.41) is 10.7. The van der Waals surface area contributed by atoms with E-state index < -0.39 is 6.10 Å². The SMILES string of the molecule is Cc1cc(Cl)ccc1[C@H](O)c1ccco1. The Morgan fingerprint density at radius 3 is 2.73 bits per heavy atom. The van der Waals surface area contributed by atoms with E-state index in [2.05, 4.69) is 0 Å². The van der Waals surface area contributed by atoms with Crippen LogP contribution < -0.4 is 0 Å². The van der Waals surface area contributed by atoms with Crippen molar-refractivity contribution in [2.45, 2.75) is 13.0 Å². The third-order valence-corrected chi connectivity index (χ3v) is 2.57. The molecule has 15 heavy (non-hydrogen) atoms. The second kappa shape index (κ2) is 4.09. The second-order valence-corrected chi connectivity index (χ2v) is 3.86. The Labute approximate surface area is 93.1 Å². The Hall–Kier alpha value is -1.25. The molecule has 2 aromatic rings. The van der Waals surface area contributed by atoms with Crippen LogP contribution in [0.5, 0.6) is 0 Å². The lowest BCUT2D eigenvalue weighted by atomic mass is 10.0. The average Bonchev–Trinajstić information content (AvgIpc) is 2.69. The van der Waals surface area contributed by atoms with E-state index in [0.717, 1.165) is 11.1 Å². The molecule has 0 saturated carbocycles. The number of halogens is 1. The van der Waals surface area contributed by atoms with Crippen molar-refractivity contribution in [2.24, 2.45) is 0 Å². The van der Waals surface area contributed by atoms with Crippen LogP contribution >= 0.6 is 11.6 Å². The first-order valence-electron chi connectivity index (χ1n) is 4.66. The lowest BCUT2D eigenvalue weighted by molar-refractivity contribution is 0.188. The number of hydrogen-bond donors (Lipinski definition) is 1. The summed E-state index contributed by atoms with van der Waals surface area (Å²) in [6, 6.07) is 8.90. The fourth-order valence-electron chi connectivity index (χ4n) is 1.55. The third-order valence-electron chi connectivity index (χ3n) is 2.34. The summed E-state index contributed by atoms with van der Waals surface area (Å²) < 4.78 is 5.15. The van der Waals surface area contributed by atoms with E-state index in [-0.39, 0.29) is 0 Å². The molecule has 0 aliphatic heterocycles. The first kappa shape index (κ1) is 10.3. The quantitative estimate of drug-likeness (QED) is 0.846. The Kier molecular flexibility index (Phi) is 2.80. The van der Waals surface area contributed by atoms with Crippen LogP contribution in [0.3, 0.4) is 0 Å². The molecule has 1 N–H and O–H groups in total. The zero-order valence-corrected chi connectivity index (χ0v) is 9.03. The lowest BCUT2D eigenvalue weighted by Crippen LogP contribution is -2.00. The van der Waals surface area contributed by atoms with Gasteiger partial charge in [0.2, 0.25) is 0 Å². The van der Waals surface area contributed by atoms with Crippen LogP contribution in [-0.4, -0.2) is 5.11 Å². The third kappa shape index (κ3) is 2.06. The zero-order valence-electron chi connectivity index (χ0n) is 8.27. The zero-order chi connectivity index (χ0) is 10.8. The monoisotopic (exact) mass is 222 g/mol. The summed E-state index contributed by atoms with van der Waals surface area (Å²) in [4.78, 5) is 0. The molecular formula is C12H11ClO2. The van der Waals surface area contributed by atoms with E-state index in [1.807, 2.05) is 19.1 Å². The fourth-order valence-corrected chi connectivity index (χ4v) is 1.77. The van der Waals surface area contributed by atoms with Crippen molar-refractivity contribution in [3.8, 4) is 0 Å². The molecule has 0 aliphatic carbocycles. The highest BCUT2D eigenvalue weighted by Crippen LogP contribution is 2.26. The molecule has 1 heterocycles. The minimum atomic E-state index is -0.725. The smallest absolute Gasteiger partial charge is 0.137 e. The van der Waals surface area contributed by atoms with Crippen molar-refractivity contribution in [3.05, 3.63) is 58.5 Å². The molecule has 1 atom stereocenters. The van der Waals surface area contributed by atoms with E-state index in [1.54, 1.807) is 24.5 Å². The molecule has 0 bridgehead atoms. The van der Waals surface area contributed by atoms with E-state index in [0.29, 0.717) is 10.8 Å². The number of furan rings is 1. The van der Waals surface area contributed by atoms with Gasteiger partial charge in [0, 0.05) is 5.02 Å². The normalized spacial score (nSPS) is 12.7. The van der Waals surface area contributed by atoms with Gasteiger partial charge < -0.3 is 9.52 Å².